The molecule has 146 valence electrons. The zero-order valence-electron chi connectivity index (χ0n) is 15.6. The highest BCUT2D eigenvalue weighted by Crippen LogP contribution is 2.33. The van der Waals surface area contributed by atoms with Crippen LogP contribution in [-0.2, 0) is 16.6 Å². The van der Waals surface area contributed by atoms with Gasteiger partial charge in [0.2, 0.25) is 10.0 Å². The maximum Gasteiger partial charge on any atom is 0.326 e. The van der Waals surface area contributed by atoms with Crippen LogP contribution in [0, 0.1) is 0 Å². The Hall–Kier alpha value is -2.64. The van der Waals surface area contributed by atoms with Gasteiger partial charge in [-0.25, -0.2) is 13.2 Å². The Labute approximate surface area is 165 Å². The van der Waals surface area contributed by atoms with Crippen LogP contribution in [0.25, 0.3) is 5.70 Å². The number of hydrogen-bond donors (Lipinski definition) is 1. The van der Waals surface area contributed by atoms with E-state index in [0.29, 0.717) is 30.0 Å². The molecule has 0 saturated carbocycles. The van der Waals surface area contributed by atoms with E-state index in [2.05, 4.69) is 11.9 Å². The predicted molar refractivity (Wildman–Crippen MR) is 109 cm³/mol. The zero-order valence-corrected chi connectivity index (χ0v) is 16.4. The van der Waals surface area contributed by atoms with Gasteiger partial charge in [-0.15, -0.1) is 0 Å². The van der Waals surface area contributed by atoms with E-state index in [1.165, 1.54) is 4.90 Å². The second-order valence-corrected chi connectivity index (χ2v) is 8.99. The molecule has 28 heavy (non-hydrogen) atoms. The van der Waals surface area contributed by atoms with E-state index in [9.17, 15) is 13.2 Å². The van der Waals surface area contributed by atoms with Gasteiger partial charge in [0, 0.05) is 24.4 Å². The summed E-state index contributed by atoms with van der Waals surface area (Å²) in [5.41, 5.74) is 2.69. The van der Waals surface area contributed by atoms with Gasteiger partial charge in [-0.05, 0) is 30.5 Å². The number of fused-ring (bicyclic) bond motifs is 1. The Morgan fingerprint density at radius 3 is 2.43 bits per heavy atom. The van der Waals surface area contributed by atoms with Crippen LogP contribution in [0.15, 0.2) is 60.0 Å². The molecule has 0 radical (unpaired) electrons. The molecule has 0 atom stereocenters. The van der Waals surface area contributed by atoms with Gasteiger partial charge >= 0.3 is 6.03 Å². The van der Waals surface area contributed by atoms with Crippen LogP contribution in [0.4, 0.5) is 10.5 Å². The molecule has 0 aliphatic carbocycles. The fourth-order valence-electron chi connectivity index (χ4n) is 3.76. The number of anilines is 1. The molecule has 0 aromatic heterocycles. The van der Waals surface area contributed by atoms with Crippen LogP contribution in [0.3, 0.4) is 0 Å². The first-order valence-electron chi connectivity index (χ1n) is 9.43. The molecule has 2 aliphatic heterocycles. The van der Waals surface area contributed by atoms with Crippen molar-refractivity contribution < 1.29 is 13.2 Å². The second kappa shape index (κ2) is 7.41. The summed E-state index contributed by atoms with van der Waals surface area (Å²) >= 11 is 0. The minimum absolute atomic E-state index is 0.141. The highest BCUT2D eigenvalue weighted by atomic mass is 32.2. The summed E-state index contributed by atoms with van der Waals surface area (Å²) in [7, 11) is -3.59. The number of nitrogens with zero attached hydrogens (tertiary/aromatic N) is 2. The van der Waals surface area contributed by atoms with Crippen molar-refractivity contribution in [2.24, 2.45) is 0 Å². The van der Waals surface area contributed by atoms with Crippen molar-refractivity contribution in [1.29, 1.82) is 0 Å². The zero-order chi connectivity index (χ0) is 19.7. The molecule has 2 heterocycles. The van der Waals surface area contributed by atoms with Crippen molar-refractivity contribution >= 4 is 27.4 Å². The largest absolute Gasteiger partial charge is 0.326 e. The first-order chi connectivity index (χ1) is 13.5. The third-order valence-corrected chi connectivity index (χ3v) is 7.28. The van der Waals surface area contributed by atoms with Crippen molar-refractivity contribution in [2.75, 3.05) is 18.4 Å². The van der Waals surface area contributed by atoms with E-state index in [4.69, 9.17) is 0 Å². The molecule has 0 unspecified atom stereocenters. The number of piperidine rings is 1. The SMILES string of the molecule is C=C1c2ccccc2NC(=O)N1Cc1ccccc1S(=O)(=O)N1CCCCC1. The van der Waals surface area contributed by atoms with E-state index in [1.54, 1.807) is 28.6 Å². The number of para-hydroxylation sites is 1. The first-order valence-corrected chi connectivity index (χ1v) is 10.9. The monoisotopic (exact) mass is 397 g/mol. The highest BCUT2D eigenvalue weighted by molar-refractivity contribution is 7.89. The van der Waals surface area contributed by atoms with Gasteiger partial charge in [0.1, 0.15) is 0 Å². The molecule has 1 saturated heterocycles. The summed E-state index contributed by atoms with van der Waals surface area (Å²) in [4.78, 5) is 14.4. The van der Waals surface area contributed by atoms with E-state index in [0.717, 1.165) is 24.8 Å². The number of amides is 2. The predicted octanol–water partition coefficient (Wildman–Crippen LogP) is 3.88. The van der Waals surface area contributed by atoms with E-state index in [-0.39, 0.29) is 17.5 Å². The van der Waals surface area contributed by atoms with Gasteiger partial charge in [0.25, 0.3) is 0 Å². The Bertz CT molecular complexity index is 1030. The maximum absolute atomic E-state index is 13.2. The molecule has 1 N–H and O–H groups in total. The average Bonchev–Trinajstić information content (AvgIpc) is 2.72. The first kappa shape index (κ1) is 18.7. The fraction of sp³-hybridized carbons (Fsp3) is 0.286. The lowest BCUT2D eigenvalue weighted by Crippen LogP contribution is -2.38. The van der Waals surface area contributed by atoms with E-state index < -0.39 is 10.0 Å². The Kier molecular flexibility index (Phi) is 4.95. The van der Waals surface area contributed by atoms with Crippen LogP contribution >= 0.6 is 0 Å². The molecule has 6 nitrogen and oxygen atoms in total. The second-order valence-electron chi connectivity index (χ2n) is 7.08. The molecular formula is C21H23N3O3S. The van der Waals surface area contributed by atoms with Gasteiger partial charge in [-0.2, -0.15) is 4.31 Å². The maximum atomic E-state index is 13.2. The summed E-state index contributed by atoms with van der Waals surface area (Å²) in [6.45, 7) is 5.30. The number of sulfonamides is 1. The lowest BCUT2D eigenvalue weighted by molar-refractivity contribution is 0.228. The van der Waals surface area contributed by atoms with Crippen LogP contribution in [0.1, 0.15) is 30.4 Å². The van der Waals surface area contributed by atoms with E-state index >= 15 is 0 Å². The van der Waals surface area contributed by atoms with Gasteiger partial charge in [-0.1, -0.05) is 49.4 Å². The lowest BCUT2D eigenvalue weighted by Gasteiger charge is -2.32. The number of urea groups is 1. The van der Waals surface area contributed by atoms with Crippen molar-refractivity contribution in [3.63, 3.8) is 0 Å². The van der Waals surface area contributed by atoms with Crippen LogP contribution in [0.2, 0.25) is 0 Å². The Balaban J connectivity index is 1.66. The van der Waals surface area contributed by atoms with Gasteiger partial charge in [-0.3, -0.25) is 4.90 Å². The summed E-state index contributed by atoms with van der Waals surface area (Å²) in [6.07, 6.45) is 2.81. The Morgan fingerprint density at radius 2 is 1.64 bits per heavy atom. The molecule has 0 spiro atoms. The van der Waals surface area contributed by atoms with Crippen molar-refractivity contribution in [1.82, 2.24) is 9.21 Å². The standard InChI is InChI=1S/C21H23N3O3S/c1-16-18-10-4-5-11-19(18)22-21(25)24(16)15-17-9-3-6-12-20(17)28(26,27)23-13-7-2-8-14-23/h3-6,9-12H,1-2,7-8,13-15H2,(H,22,25). The quantitative estimate of drug-likeness (QED) is 0.851. The molecule has 2 aromatic carbocycles. The number of hydrogen-bond acceptors (Lipinski definition) is 3. The molecule has 7 heteroatoms. The smallest absolute Gasteiger partial charge is 0.307 e. The molecule has 2 amide bonds. The third-order valence-electron chi connectivity index (χ3n) is 5.28. The lowest BCUT2D eigenvalue weighted by atomic mass is 10.1. The van der Waals surface area contributed by atoms with Crippen molar-refractivity contribution in [2.45, 2.75) is 30.7 Å². The molecule has 4 rings (SSSR count). The summed E-state index contributed by atoms with van der Waals surface area (Å²) in [5.74, 6) is 0. The fourth-order valence-corrected chi connectivity index (χ4v) is 5.49. The van der Waals surface area contributed by atoms with Gasteiger partial charge in [0.05, 0.1) is 17.1 Å². The minimum atomic E-state index is -3.59. The molecule has 1 fully saturated rings. The average molecular weight is 398 g/mol. The van der Waals surface area contributed by atoms with E-state index in [1.807, 2.05) is 24.3 Å². The number of rotatable bonds is 4. The van der Waals surface area contributed by atoms with Crippen LogP contribution in [0.5, 0.6) is 0 Å². The third kappa shape index (κ3) is 3.31. The van der Waals surface area contributed by atoms with Crippen LogP contribution < -0.4 is 5.32 Å². The normalized spacial score (nSPS) is 17.9. The number of nitrogens with one attached hydrogen (secondary N) is 1. The summed E-state index contributed by atoms with van der Waals surface area (Å²) < 4.78 is 27.9. The molecule has 0 bridgehead atoms. The Morgan fingerprint density at radius 1 is 0.964 bits per heavy atom. The number of carbonyl (C=O) groups is 1. The van der Waals surface area contributed by atoms with Crippen molar-refractivity contribution in [3.05, 3.63) is 66.2 Å². The number of benzene rings is 2. The summed E-state index contributed by atoms with van der Waals surface area (Å²) in [5, 5.41) is 2.85. The van der Waals surface area contributed by atoms with Gasteiger partial charge in [0.15, 0.2) is 0 Å². The molecule has 2 aliphatic rings. The summed E-state index contributed by atoms with van der Waals surface area (Å²) in [6, 6.07) is 14.0. The molecular weight excluding hydrogens is 374 g/mol. The van der Waals surface area contributed by atoms with Crippen molar-refractivity contribution in [3.8, 4) is 0 Å². The topological polar surface area (TPSA) is 69.7 Å². The number of carbonyl (C=O) groups excluding carboxylic acids is 1. The van der Waals surface area contributed by atoms with Crippen LogP contribution in [-0.4, -0.2) is 36.7 Å². The molecule has 2 aromatic rings. The minimum Gasteiger partial charge on any atom is -0.307 e. The van der Waals surface area contributed by atoms with Gasteiger partial charge < -0.3 is 5.32 Å². The highest BCUT2D eigenvalue weighted by Gasteiger charge is 2.31.